The highest BCUT2D eigenvalue weighted by Crippen LogP contribution is 2.13. The highest BCUT2D eigenvalue weighted by molar-refractivity contribution is 5.98. The van der Waals surface area contributed by atoms with E-state index in [2.05, 4.69) is 5.10 Å². The number of esters is 1. The summed E-state index contributed by atoms with van der Waals surface area (Å²) in [5, 5.41) is 6.04. The first-order valence-electron chi connectivity index (χ1n) is 7.74. The molecule has 0 radical (unpaired) electrons. The number of carbonyl (C=O) groups excluding carboxylic acids is 3. The second-order valence-corrected chi connectivity index (χ2v) is 5.82. The SMILES string of the molecule is CC(C)C(OC(=O)c1ccc(Cn2cccn2)cc1)C(=O)NC(N)=O. The van der Waals surface area contributed by atoms with Gasteiger partial charge >= 0.3 is 12.0 Å². The molecule has 3 N–H and O–H groups in total. The number of hydrogen-bond donors (Lipinski definition) is 2. The summed E-state index contributed by atoms with van der Waals surface area (Å²) in [6, 6.07) is 7.64. The Morgan fingerprint density at radius 3 is 2.44 bits per heavy atom. The molecule has 0 saturated heterocycles. The van der Waals surface area contributed by atoms with E-state index < -0.39 is 24.0 Å². The molecule has 1 atom stereocenters. The fourth-order valence-corrected chi connectivity index (χ4v) is 2.20. The van der Waals surface area contributed by atoms with Crippen molar-refractivity contribution in [1.82, 2.24) is 15.1 Å². The van der Waals surface area contributed by atoms with Crippen LogP contribution in [0.3, 0.4) is 0 Å². The normalized spacial score (nSPS) is 11.8. The predicted molar refractivity (Wildman–Crippen MR) is 89.5 cm³/mol. The van der Waals surface area contributed by atoms with Crippen LogP contribution in [-0.2, 0) is 16.1 Å². The molecule has 0 bridgehead atoms. The first-order valence-corrected chi connectivity index (χ1v) is 7.74. The second-order valence-electron chi connectivity index (χ2n) is 5.82. The minimum atomic E-state index is -1.11. The summed E-state index contributed by atoms with van der Waals surface area (Å²) in [6.45, 7) is 3.98. The Bertz CT molecular complexity index is 739. The molecule has 1 heterocycles. The number of carbonyl (C=O) groups is 3. The number of aromatic nitrogens is 2. The van der Waals surface area contributed by atoms with Gasteiger partial charge in [0.05, 0.1) is 12.1 Å². The molecule has 0 aliphatic carbocycles. The van der Waals surface area contributed by atoms with Crippen molar-refractivity contribution in [2.75, 3.05) is 0 Å². The Morgan fingerprint density at radius 1 is 1.24 bits per heavy atom. The molecule has 0 saturated carbocycles. The molecule has 25 heavy (non-hydrogen) atoms. The topological polar surface area (TPSA) is 116 Å². The van der Waals surface area contributed by atoms with Gasteiger partial charge in [0.15, 0.2) is 6.10 Å². The zero-order chi connectivity index (χ0) is 18.4. The number of amides is 3. The van der Waals surface area contributed by atoms with Gasteiger partial charge in [-0.05, 0) is 29.7 Å². The van der Waals surface area contributed by atoms with E-state index in [1.165, 1.54) is 0 Å². The number of urea groups is 1. The van der Waals surface area contributed by atoms with Gasteiger partial charge in [-0.1, -0.05) is 26.0 Å². The maximum Gasteiger partial charge on any atom is 0.338 e. The number of hydrogen-bond acceptors (Lipinski definition) is 5. The number of imide groups is 1. The summed E-state index contributed by atoms with van der Waals surface area (Å²) in [5.74, 6) is -1.71. The molecule has 0 aliphatic heterocycles. The summed E-state index contributed by atoms with van der Waals surface area (Å²) in [7, 11) is 0. The van der Waals surface area contributed by atoms with Gasteiger partial charge in [-0.2, -0.15) is 5.10 Å². The molecule has 8 nitrogen and oxygen atoms in total. The average molecular weight is 344 g/mol. The summed E-state index contributed by atoms with van der Waals surface area (Å²) in [6.07, 6.45) is 2.42. The van der Waals surface area contributed by atoms with Gasteiger partial charge < -0.3 is 10.5 Å². The standard InChI is InChI=1S/C17H20N4O4/c1-11(2)14(15(22)20-17(18)24)25-16(23)13-6-4-12(5-7-13)10-21-9-3-8-19-21/h3-9,11,14H,10H2,1-2H3,(H3,18,20,22,24). The molecule has 0 fully saturated rings. The van der Waals surface area contributed by atoms with Crippen molar-refractivity contribution in [2.24, 2.45) is 11.7 Å². The number of nitrogens with two attached hydrogens (primary N) is 1. The van der Waals surface area contributed by atoms with Crippen LogP contribution in [0.4, 0.5) is 4.79 Å². The molecule has 3 amide bonds. The van der Waals surface area contributed by atoms with E-state index in [-0.39, 0.29) is 5.92 Å². The highest BCUT2D eigenvalue weighted by atomic mass is 16.5. The van der Waals surface area contributed by atoms with Crippen LogP contribution in [0.15, 0.2) is 42.7 Å². The Labute approximate surface area is 145 Å². The van der Waals surface area contributed by atoms with Gasteiger partial charge in [-0.25, -0.2) is 9.59 Å². The van der Waals surface area contributed by atoms with Crippen molar-refractivity contribution < 1.29 is 19.1 Å². The number of nitrogens with zero attached hydrogens (tertiary/aromatic N) is 2. The van der Waals surface area contributed by atoms with Crippen molar-refractivity contribution in [3.8, 4) is 0 Å². The maximum atomic E-state index is 12.2. The third-order valence-corrected chi connectivity index (χ3v) is 3.44. The Balaban J connectivity index is 2.03. The lowest BCUT2D eigenvalue weighted by molar-refractivity contribution is -0.130. The van der Waals surface area contributed by atoms with Crippen molar-refractivity contribution in [3.63, 3.8) is 0 Å². The number of primary amides is 1. The van der Waals surface area contributed by atoms with E-state index in [9.17, 15) is 14.4 Å². The van der Waals surface area contributed by atoms with Gasteiger partial charge in [0.1, 0.15) is 0 Å². The van der Waals surface area contributed by atoms with Crippen molar-refractivity contribution in [1.29, 1.82) is 0 Å². The first kappa shape index (κ1) is 18.2. The van der Waals surface area contributed by atoms with Crippen LogP contribution in [0.1, 0.15) is 29.8 Å². The molecule has 2 rings (SSSR count). The van der Waals surface area contributed by atoms with Crippen molar-refractivity contribution >= 4 is 17.9 Å². The molecular weight excluding hydrogens is 324 g/mol. The summed E-state index contributed by atoms with van der Waals surface area (Å²) < 4.78 is 6.99. The summed E-state index contributed by atoms with van der Waals surface area (Å²) >= 11 is 0. The number of nitrogens with one attached hydrogen (secondary N) is 1. The van der Waals surface area contributed by atoms with Gasteiger partial charge in [0.2, 0.25) is 0 Å². The molecule has 1 aromatic carbocycles. The number of benzene rings is 1. The third kappa shape index (κ3) is 5.17. The van der Waals surface area contributed by atoms with Crippen molar-refractivity contribution in [2.45, 2.75) is 26.5 Å². The summed E-state index contributed by atoms with van der Waals surface area (Å²) in [4.78, 5) is 34.9. The van der Waals surface area contributed by atoms with Crippen LogP contribution in [-0.4, -0.2) is 33.8 Å². The molecule has 0 spiro atoms. The zero-order valence-corrected chi connectivity index (χ0v) is 14.0. The smallest absolute Gasteiger partial charge is 0.338 e. The molecular formula is C17H20N4O4. The first-order chi connectivity index (χ1) is 11.9. The van der Waals surface area contributed by atoms with Gasteiger partial charge in [-0.15, -0.1) is 0 Å². The molecule has 0 aliphatic rings. The van der Waals surface area contributed by atoms with Crippen molar-refractivity contribution in [3.05, 3.63) is 53.9 Å². The van der Waals surface area contributed by atoms with Crippen LogP contribution in [0.2, 0.25) is 0 Å². The third-order valence-electron chi connectivity index (χ3n) is 3.44. The number of rotatable bonds is 6. The molecule has 132 valence electrons. The van der Waals surface area contributed by atoms with Crippen LogP contribution >= 0.6 is 0 Å². The van der Waals surface area contributed by atoms with Crippen LogP contribution in [0.5, 0.6) is 0 Å². The highest BCUT2D eigenvalue weighted by Gasteiger charge is 2.27. The molecule has 8 heteroatoms. The van der Waals surface area contributed by atoms with Gasteiger partial charge in [0, 0.05) is 12.4 Å². The fourth-order valence-electron chi connectivity index (χ4n) is 2.20. The van der Waals surface area contributed by atoms with Gasteiger partial charge in [-0.3, -0.25) is 14.8 Å². The lowest BCUT2D eigenvalue weighted by Crippen LogP contribution is -2.45. The van der Waals surface area contributed by atoms with E-state index in [1.54, 1.807) is 49.0 Å². The maximum absolute atomic E-state index is 12.2. The number of ether oxygens (including phenoxy) is 1. The van der Waals surface area contributed by atoms with E-state index in [1.807, 2.05) is 17.6 Å². The fraction of sp³-hybridized carbons (Fsp3) is 0.294. The van der Waals surface area contributed by atoms with E-state index >= 15 is 0 Å². The van der Waals surface area contributed by atoms with E-state index in [0.717, 1.165) is 5.56 Å². The molecule has 2 aromatic rings. The Kier molecular flexibility index (Phi) is 5.89. The van der Waals surface area contributed by atoms with E-state index in [0.29, 0.717) is 12.1 Å². The zero-order valence-electron chi connectivity index (χ0n) is 14.0. The lowest BCUT2D eigenvalue weighted by Gasteiger charge is -2.19. The second kappa shape index (κ2) is 8.09. The Hall–Kier alpha value is -3.16. The van der Waals surface area contributed by atoms with Crippen LogP contribution in [0.25, 0.3) is 0 Å². The Morgan fingerprint density at radius 2 is 1.92 bits per heavy atom. The van der Waals surface area contributed by atoms with Crippen LogP contribution < -0.4 is 11.1 Å². The average Bonchev–Trinajstić information content (AvgIpc) is 3.05. The largest absolute Gasteiger partial charge is 0.448 e. The monoisotopic (exact) mass is 344 g/mol. The lowest BCUT2D eigenvalue weighted by atomic mass is 10.1. The molecule has 1 unspecified atom stereocenters. The minimum Gasteiger partial charge on any atom is -0.448 e. The van der Waals surface area contributed by atoms with Gasteiger partial charge in [0.25, 0.3) is 5.91 Å². The molecule has 1 aromatic heterocycles. The van der Waals surface area contributed by atoms with E-state index in [4.69, 9.17) is 10.5 Å². The predicted octanol–water partition coefficient (Wildman–Crippen LogP) is 1.31. The minimum absolute atomic E-state index is 0.307. The summed E-state index contributed by atoms with van der Waals surface area (Å²) in [5.41, 5.74) is 6.20. The van der Waals surface area contributed by atoms with Crippen LogP contribution in [0, 0.1) is 5.92 Å². The quantitative estimate of drug-likeness (QED) is 0.766.